The van der Waals surface area contributed by atoms with Crippen LogP contribution in [0.1, 0.15) is 47.5 Å². The summed E-state index contributed by atoms with van der Waals surface area (Å²) in [5, 5.41) is 23.3. The van der Waals surface area contributed by atoms with E-state index in [-0.39, 0.29) is 41.7 Å². The van der Waals surface area contributed by atoms with E-state index < -0.39 is 47.1 Å². The Morgan fingerprint density at radius 3 is 2.53 bits per heavy atom. The fraction of sp³-hybridized carbons (Fsp3) is 0.421. The number of alkyl halides is 3. The molecule has 0 spiro atoms. The number of aromatic nitrogens is 2. The first-order valence-corrected chi connectivity index (χ1v) is 9.41. The van der Waals surface area contributed by atoms with Gasteiger partial charge in [-0.15, -0.1) is 0 Å². The Kier molecular flexibility index (Phi) is 6.60. The van der Waals surface area contributed by atoms with Gasteiger partial charge in [-0.3, -0.25) is 14.9 Å². The topological polar surface area (TPSA) is 137 Å². The monoisotopic (exact) mass is 456 g/mol. The minimum atomic E-state index is -4.78. The number of rotatable bonds is 7. The molecule has 0 aliphatic carbocycles. The molecule has 2 N–H and O–H groups in total. The van der Waals surface area contributed by atoms with Gasteiger partial charge >= 0.3 is 12.1 Å². The molecule has 172 valence electrons. The summed E-state index contributed by atoms with van der Waals surface area (Å²) in [6, 6.07) is 1.42. The molecular formula is C19H19F3N4O6. The van der Waals surface area contributed by atoms with E-state index in [9.17, 15) is 33.2 Å². The number of nitro groups is 1. The van der Waals surface area contributed by atoms with Gasteiger partial charge in [-0.1, -0.05) is 0 Å². The van der Waals surface area contributed by atoms with Crippen molar-refractivity contribution in [3.63, 3.8) is 0 Å². The number of ether oxygens (including phenoxy) is 2. The van der Waals surface area contributed by atoms with E-state index in [1.165, 1.54) is 13.8 Å². The maximum Gasteiger partial charge on any atom is 0.416 e. The average molecular weight is 456 g/mol. The Labute approximate surface area is 179 Å². The molecule has 1 aromatic heterocycles. The summed E-state index contributed by atoms with van der Waals surface area (Å²) < 4.78 is 50.7. The minimum absolute atomic E-state index is 0.0122. The SMILES string of the molecule is Cc1nc(CC(=O)O)c(C2OCCO2)c(NC(C)c2cc([N+](=O)[O-])cc(C(F)(F)F)c2)n1. The number of aryl methyl sites for hydroxylation is 1. The standard InChI is InChI=1S/C19H19F3N4O6/c1-9(11-5-12(19(20,21)22)7-13(6-11)26(29)30)23-17-16(18-31-3-4-32-18)14(8-15(27)28)24-10(2)25-17/h5-7,9,18H,3-4,8H2,1-2H3,(H,27,28)(H,23,24,25). The van der Waals surface area contributed by atoms with Crippen LogP contribution in [0.4, 0.5) is 24.7 Å². The number of halogens is 3. The average Bonchev–Trinajstić information content (AvgIpc) is 3.20. The van der Waals surface area contributed by atoms with E-state index in [1.54, 1.807) is 0 Å². The van der Waals surface area contributed by atoms with Gasteiger partial charge in [-0.05, 0) is 25.5 Å². The van der Waals surface area contributed by atoms with Crippen molar-refractivity contribution in [1.82, 2.24) is 9.97 Å². The Bertz CT molecular complexity index is 1040. The third-order valence-corrected chi connectivity index (χ3v) is 4.64. The third kappa shape index (κ3) is 5.29. The molecule has 1 aromatic carbocycles. The molecule has 1 atom stereocenters. The second-order valence-electron chi connectivity index (χ2n) is 7.06. The summed E-state index contributed by atoms with van der Waals surface area (Å²) in [6.45, 7) is 3.52. The molecule has 1 unspecified atom stereocenters. The number of anilines is 1. The highest BCUT2D eigenvalue weighted by Gasteiger charge is 2.34. The van der Waals surface area contributed by atoms with E-state index in [2.05, 4.69) is 15.3 Å². The molecule has 2 aromatic rings. The summed E-state index contributed by atoms with van der Waals surface area (Å²) in [5.41, 5.74) is -1.55. The van der Waals surface area contributed by atoms with Gasteiger partial charge in [0.2, 0.25) is 0 Å². The lowest BCUT2D eigenvalue weighted by atomic mass is 10.0. The molecule has 32 heavy (non-hydrogen) atoms. The van der Waals surface area contributed by atoms with Crippen molar-refractivity contribution in [2.45, 2.75) is 38.8 Å². The van der Waals surface area contributed by atoms with E-state index in [4.69, 9.17) is 9.47 Å². The highest BCUT2D eigenvalue weighted by atomic mass is 19.4. The van der Waals surface area contributed by atoms with Gasteiger partial charge in [-0.2, -0.15) is 13.2 Å². The molecule has 1 saturated heterocycles. The van der Waals surface area contributed by atoms with Gasteiger partial charge in [0.15, 0.2) is 6.29 Å². The quantitative estimate of drug-likeness (QED) is 0.473. The number of nitrogens with zero attached hydrogens (tertiary/aromatic N) is 3. The molecule has 1 aliphatic heterocycles. The van der Waals surface area contributed by atoms with Gasteiger partial charge in [0.1, 0.15) is 11.6 Å². The fourth-order valence-electron chi connectivity index (χ4n) is 3.24. The molecule has 1 aliphatic rings. The van der Waals surface area contributed by atoms with Crippen molar-refractivity contribution >= 4 is 17.5 Å². The maximum absolute atomic E-state index is 13.2. The van der Waals surface area contributed by atoms with Crippen molar-refractivity contribution in [2.24, 2.45) is 0 Å². The Morgan fingerprint density at radius 1 is 1.31 bits per heavy atom. The Hall–Kier alpha value is -3.32. The lowest BCUT2D eigenvalue weighted by Crippen LogP contribution is -2.18. The zero-order valence-electron chi connectivity index (χ0n) is 17.0. The number of benzene rings is 1. The lowest BCUT2D eigenvalue weighted by molar-refractivity contribution is -0.385. The van der Waals surface area contributed by atoms with E-state index in [0.29, 0.717) is 6.07 Å². The van der Waals surface area contributed by atoms with Gasteiger partial charge in [0.25, 0.3) is 5.69 Å². The predicted octanol–water partition coefficient (Wildman–Crippen LogP) is 3.56. The minimum Gasteiger partial charge on any atom is -0.481 e. The fourth-order valence-corrected chi connectivity index (χ4v) is 3.24. The number of hydrogen-bond donors (Lipinski definition) is 2. The first kappa shape index (κ1) is 23.3. The summed E-state index contributed by atoms with van der Waals surface area (Å²) in [5.74, 6) is -0.837. The number of aliphatic carboxylic acids is 1. The molecule has 1 fully saturated rings. The van der Waals surface area contributed by atoms with Crippen LogP contribution in [0.25, 0.3) is 0 Å². The predicted molar refractivity (Wildman–Crippen MR) is 103 cm³/mol. The Morgan fingerprint density at radius 2 is 1.97 bits per heavy atom. The first-order chi connectivity index (χ1) is 15.0. The smallest absolute Gasteiger partial charge is 0.416 e. The maximum atomic E-state index is 13.2. The second kappa shape index (κ2) is 9.04. The summed E-state index contributed by atoms with van der Waals surface area (Å²) in [6.07, 6.45) is -6.20. The molecule has 0 radical (unpaired) electrons. The van der Waals surface area contributed by atoms with Crippen LogP contribution in [0.3, 0.4) is 0 Å². The van der Waals surface area contributed by atoms with Crippen LogP contribution in [0.5, 0.6) is 0 Å². The number of nitrogens with one attached hydrogen (secondary N) is 1. The number of carbonyl (C=O) groups is 1. The largest absolute Gasteiger partial charge is 0.481 e. The number of hydrogen-bond acceptors (Lipinski definition) is 8. The van der Waals surface area contributed by atoms with Gasteiger partial charge in [-0.25, -0.2) is 9.97 Å². The molecule has 3 rings (SSSR count). The van der Waals surface area contributed by atoms with E-state index in [0.717, 1.165) is 12.1 Å². The molecule has 0 saturated carbocycles. The van der Waals surface area contributed by atoms with Crippen LogP contribution >= 0.6 is 0 Å². The van der Waals surface area contributed by atoms with Crippen LogP contribution in [0.15, 0.2) is 18.2 Å². The van der Waals surface area contributed by atoms with E-state index >= 15 is 0 Å². The van der Waals surface area contributed by atoms with Gasteiger partial charge < -0.3 is 19.9 Å². The van der Waals surface area contributed by atoms with Crippen molar-refractivity contribution in [3.8, 4) is 0 Å². The van der Waals surface area contributed by atoms with Crippen molar-refractivity contribution < 1.29 is 37.5 Å². The molecule has 0 amide bonds. The number of non-ortho nitro benzene ring substituents is 1. The van der Waals surface area contributed by atoms with Crippen molar-refractivity contribution in [2.75, 3.05) is 18.5 Å². The normalized spacial score (nSPS) is 15.5. The number of carboxylic acid groups (broad SMARTS) is 1. The zero-order chi connectivity index (χ0) is 23.6. The van der Waals surface area contributed by atoms with Crippen LogP contribution in [0, 0.1) is 17.0 Å². The second-order valence-corrected chi connectivity index (χ2v) is 7.06. The lowest BCUT2D eigenvalue weighted by Gasteiger charge is -2.22. The molecule has 13 heteroatoms. The summed E-state index contributed by atoms with van der Waals surface area (Å²) >= 11 is 0. The summed E-state index contributed by atoms with van der Waals surface area (Å²) in [7, 11) is 0. The zero-order valence-corrected chi connectivity index (χ0v) is 17.0. The van der Waals surface area contributed by atoms with Crippen LogP contribution in [-0.2, 0) is 26.9 Å². The van der Waals surface area contributed by atoms with Gasteiger partial charge in [0, 0.05) is 12.1 Å². The number of carboxylic acids is 1. The molecule has 2 heterocycles. The Balaban J connectivity index is 2.04. The highest BCUT2D eigenvalue weighted by Crippen LogP contribution is 2.36. The third-order valence-electron chi connectivity index (χ3n) is 4.64. The van der Waals surface area contributed by atoms with E-state index in [1.807, 2.05) is 0 Å². The van der Waals surface area contributed by atoms with Gasteiger partial charge in [0.05, 0.1) is 47.4 Å². The first-order valence-electron chi connectivity index (χ1n) is 9.41. The highest BCUT2D eigenvalue weighted by molar-refractivity contribution is 5.71. The molecule has 0 bridgehead atoms. The molecular weight excluding hydrogens is 437 g/mol. The van der Waals surface area contributed by atoms with Crippen molar-refractivity contribution in [3.05, 3.63) is 56.5 Å². The molecule has 10 nitrogen and oxygen atoms in total. The van der Waals surface area contributed by atoms with Crippen molar-refractivity contribution in [1.29, 1.82) is 0 Å². The number of nitro benzene ring substituents is 1. The summed E-state index contributed by atoms with van der Waals surface area (Å²) in [4.78, 5) is 29.9. The van der Waals surface area contributed by atoms with Crippen LogP contribution in [-0.4, -0.2) is 39.2 Å². The van der Waals surface area contributed by atoms with Crippen LogP contribution < -0.4 is 5.32 Å². The van der Waals surface area contributed by atoms with Crippen LogP contribution in [0.2, 0.25) is 0 Å².